The number of methoxy groups -OCH3 is 1. The number of rotatable bonds is 6. The maximum absolute atomic E-state index is 12.2. The number of amides is 1. The van der Waals surface area contributed by atoms with E-state index in [-0.39, 0.29) is 11.9 Å². The summed E-state index contributed by atoms with van der Waals surface area (Å²) in [6, 6.07) is -0.356. The van der Waals surface area contributed by atoms with E-state index in [0.29, 0.717) is 11.9 Å². The van der Waals surface area contributed by atoms with Crippen LogP contribution in [0, 0.1) is 0 Å². The van der Waals surface area contributed by atoms with Crippen molar-refractivity contribution in [3.8, 4) is 0 Å². The van der Waals surface area contributed by atoms with Gasteiger partial charge < -0.3 is 15.4 Å². The Bertz CT molecular complexity index is 251. The Hall–Kier alpha value is -0.260. The summed E-state index contributed by atoms with van der Waals surface area (Å²) in [6.07, 6.45) is 7.13. The molecule has 0 aromatic carbocycles. The van der Waals surface area contributed by atoms with Crippen LogP contribution in [0.1, 0.15) is 32.1 Å². The van der Waals surface area contributed by atoms with Gasteiger partial charge >= 0.3 is 0 Å². The molecule has 106 valence electrons. The van der Waals surface area contributed by atoms with Crippen LogP contribution in [0.5, 0.6) is 0 Å². The summed E-state index contributed by atoms with van der Waals surface area (Å²) in [5.41, 5.74) is 5.96. The number of carbonyl (C=O) groups is 1. The fourth-order valence-electron chi connectivity index (χ4n) is 2.33. The van der Waals surface area contributed by atoms with Gasteiger partial charge in [-0.1, -0.05) is 0 Å². The van der Waals surface area contributed by atoms with Gasteiger partial charge in [0.1, 0.15) is 0 Å². The van der Waals surface area contributed by atoms with Crippen molar-refractivity contribution >= 4 is 17.7 Å². The first kappa shape index (κ1) is 15.8. The Balaban J connectivity index is 2.35. The third kappa shape index (κ3) is 5.16. The van der Waals surface area contributed by atoms with Crippen LogP contribution in [0.3, 0.4) is 0 Å². The maximum atomic E-state index is 12.2. The van der Waals surface area contributed by atoms with Crippen LogP contribution in [-0.4, -0.2) is 55.2 Å². The Kier molecular flexibility index (Phi) is 7.70. The molecule has 0 aromatic rings. The lowest BCUT2D eigenvalue weighted by molar-refractivity contribution is -0.132. The standard InChI is InChI=1S/C13H26N2O2S/c1-17-10-4-6-12(14)13(16)15-8-3-5-11(18-2)7-9-15/h11-12H,3-10,14H2,1-2H3. The summed E-state index contributed by atoms with van der Waals surface area (Å²) in [5, 5.41) is 0.701. The van der Waals surface area contributed by atoms with Crippen molar-refractivity contribution in [3.63, 3.8) is 0 Å². The molecular formula is C13H26N2O2S. The fraction of sp³-hybridized carbons (Fsp3) is 0.923. The molecule has 0 spiro atoms. The average Bonchev–Trinajstić information content (AvgIpc) is 2.63. The summed E-state index contributed by atoms with van der Waals surface area (Å²) in [7, 11) is 1.67. The van der Waals surface area contributed by atoms with E-state index >= 15 is 0 Å². The number of hydrogen-bond acceptors (Lipinski definition) is 4. The van der Waals surface area contributed by atoms with Crippen molar-refractivity contribution in [1.82, 2.24) is 4.90 Å². The van der Waals surface area contributed by atoms with Gasteiger partial charge in [0.25, 0.3) is 0 Å². The largest absolute Gasteiger partial charge is 0.385 e. The van der Waals surface area contributed by atoms with Gasteiger partial charge in [0.2, 0.25) is 5.91 Å². The van der Waals surface area contributed by atoms with Crippen LogP contribution in [0.4, 0.5) is 0 Å². The lowest BCUT2D eigenvalue weighted by atomic mass is 10.1. The number of hydrogen-bond donors (Lipinski definition) is 1. The number of likely N-dealkylation sites (tertiary alicyclic amines) is 1. The van der Waals surface area contributed by atoms with Gasteiger partial charge in [-0.3, -0.25) is 4.79 Å². The van der Waals surface area contributed by atoms with E-state index in [4.69, 9.17) is 10.5 Å². The van der Waals surface area contributed by atoms with Crippen molar-refractivity contribution < 1.29 is 9.53 Å². The van der Waals surface area contributed by atoms with Crippen molar-refractivity contribution in [1.29, 1.82) is 0 Å². The molecule has 4 nitrogen and oxygen atoms in total. The van der Waals surface area contributed by atoms with Crippen LogP contribution in [-0.2, 0) is 9.53 Å². The molecule has 1 aliphatic rings. The molecule has 1 aliphatic heterocycles. The monoisotopic (exact) mass is 274 g/mol. The predicted molar refractivity (Wildman–Crippen MR) is 76.8 cm³/mol. The number of nitrogens with zero attached hydrogens (tertiary/aromatic N) is 1. The van der Waals surface area contributed by atoms with Gasteiger partial charge in [-0.05, 0) is 38.4 Å². The van der Waals surface area contributed by atoms with E-state index in [0.717, 1.165) is 38.8 Å². The molecule has 2 unspecified atom stereocenters. The molecule has 0 aromatic heterocycles. The molecule has 0 radical (unpaired) electrons. The highest BCUT2D eigenvalue weighted by Gasteiger charge is 2.23. The Morgan fingerprint density at radius 3 is 2.94 bits per heavy atom. The second-order valence-electron chi connectivity index (χ2n) is 4.86. The Morgan fingerprint density at radius 1 is 1.50 bits per heavy atom. The van der Waals surface area contributed by atoms with Crippen molar-refractivity contribution in [2.45, 2.75) is 43.4 Å². The second kappa shape index (κ2) is 8.77. The van der Waals surface area contributed by atoms with E-state index in [9.17, 15) is 4.79 Å². The van der Waals surface area contributed by atoms with Crippen molar-refractivity contribution in [3.05, 3.63) is 0 Å². The SMILES string of the molecule is COCCCC(N)C(=O)N1CCCC(SC)CC1. The van der Waals surface area contributed by atoms with E-state index in [1.54, 1.807) is 7.11 Å². The number of ether oxygens (including phenoxy) is 1. The van der Waals surface area contributed by atoms with Gasteiger partial charge in [0, 0.05) is 32.1 Å². The van der Waals surface area contributed by atoms with Crippen molar-refractivity contribution in [2.75, 3.05) is 33.1 Å². The smallest absolute Gasteiger partial charge is 0.239 e. The summed E-state index contributed by atoms with van der Waals surface area (Å²) in [4.78, 5) is 14.1. The fourth-order valence-corrected chi connectivity index (χ4v) is 3.07. The predicted octanol–water partition coefficient (Wildman–Crippen LogP) is 1.48. The molecular weight excluding hydrogens is 248 g/mol. The molecule has 5 heteroatoms. The molecule has 1 amide bonds. The average molecular weight is 274 g/mol. The van der Waals surface area contributed by atoms with E-state index < -0.39 is 0 Å². The number of nitrogens with two attached hydrogens (primary N) is 1. The lowest BCUT2D eigenvalue weighted by Gasteiger charge is -2.24. The molecule has 0 bridgehead atoms. The van der Waals surface area contributed by atoms with Crippen LogP contribution >= 0.6 is 11.8 Å². The Labute approximate surface area is 115 Å². The first-order chi connectivity index (χ1) is 8.69. The summed E-state index contributed by atoms with van der Waals surface area (Å²) >= 11 is 1.91. The summed E-state index contributed by atoms with van der Waals surface area (Å²) in [6.45, 7) is 2.41. The highest BCUT2D eigenvalue weighted by atomic mass is 32.2. The van der Waals surface area contributed by atoms with Crippen LogP contribution < -0.4 is 5.73 Å². The van der Waals surface area contributed by atoms with Gasteiger partial charge in [-0.25, -0.2) is 0 Å². The number of thioether (sulfide) groups is 1. The molecule has 18 heavy (non-hydrogen) atoms. The quantitative estimate of drug-likeness (QED) is 0.746. The number of carbonyl (C=O) groups excluding carboxylic acids is 1. The zero-order valence-corrected chi connectivity index (χ0v) is 12.4. The van der Waals surface area contributed by atoms with E-state index in [1.807, 2.05) is 16.7 Å². The minimum absolute atomic E-state index is 0.118. The minimum Gasteiger partial charge on any atom is -0.385 e. The Morgan fingerprint density at radius 2 is 2.28 bits per heavy atom. The second-order valence-corrected chi connectivity index (χ2v) is 5.99. The zero-order valence-electron chi connectivity index (χ0n) is 11.6. The molecule has 2 N–H and O–H groups in total. The highest BCUT2D eigenvalue weighted by Crippen LogP contribution is 2.21. The van der Waals surface area contributed by atoms with Crippen LogP contribution in [0.2, 0.25) is 0 Å². The zero-order chi connectivity index (χ0) is 13.4. The first-order valence-electron chi connectivity index (χ1n) is 6.75. The van der Waals surface area contributed by atoms with Crippen molar-refractivity contribution in [2.24, 2.45) is 5.73 Å². The maximum Gasteiger partial charge on any atom is 0.239 e. The highest BCUT2D eigenvalue weighted by molar-refractivity contribution is 7.99. The van der Waals surface area contributed by atoms with Crippen LogP contribution in [0.25, 0.3) is 0 Å². The third-order valence-electron chi connectivity index (χ3n) is 3.50. The molecule has 1 fully saturated rings. The van der Waals surface area contributed by atoms with Crippen LogP contribution in [0.15, 0.2) is 0 Å². The normalized spacial score (nSPS) is 22.6. The summed E-state index contributed by atoms with van der Waals surface area (Å²) in [5.74, 6) is 0.118. The molecule has 1 saturated heterocycles. The van der Waals surface area contributed by atoms with E-state index in [1.165, 1.54) is 6.42 Å². The lowest BCUT2D eigenvalue weighted by Crippen LogP contribution is -2.44. The molecule has 1 heterocycles. The van der Waals surface area contributed by atoms with Gasteiger partial charge in [-0.2, -0.15) is 11.8 Å². The molecule has 0 saturated carbocycles. The molecule has 2 atom stereocenters. The van der Waals surface area contributed by atoms with Gasteiger partial charge in [0.15, 0.2) is 0 Å². The molecule has 1 rings (SSSR count). The topological polar surface area (TPSA) is 55.6 Å². The first-order valence-corrected chi connectivity index (χ1v) is 8.04. The third-order valence-corrected chi connectivity index (χ3v) is 4.64. The minimum atomic E-state index is -0.356. The molecule has 0 aliphatic carbocycles. The summed E-state index contributed by atoms with van der Waals surface area (Å²) < 4.78 is 4.98. The van der Waals surface area contributed by atoms with Gasteiger partial charge in [0.05, 0.1) is 6.04 Å². The van der Waals surface area contributed by atoms with Gasteiger partial charge in [-0.15, -0.1) is 0 Å². The van der Waals surface area contributed by atoms with E-state index in [2.05, 4.69) is 6.26 Å².